The summed E-state index contributed by atoms with van der Waals surface area (Å²) in [7, 11) is 0. The molecule has 19 heavy (non-hydrogen) atoms. The molecular weight excluding hydrogens is 234 g/mol. The van der Waals surface area contributed by atoms with Crippen molar-refractivity contribution in [2.45, 2.75) is 71.0 Å². The predicted octanol–water partition coefficient (Wildman–Crippen LogP) is 2.78. The van der Waals surface area contributed by atoms with E-state index in [1.54, 1.807) is 0 Å². The van der Waals surface area contributed by atoms with Gasteiger partial charge in [0.25, 0.3) is 0 Å². The lowest BCUT2D eigenvalue weighted by molar-refractivity contribution is 0.0947. The summed E-state index contributed by atoms with van der Waals surface area (Å²) in [5.74, 6) is 1.61. The molecule has 3 heteroatoms. The highest BCUT2D eigenvalue weighted by atomic mass is 15.2. The Morgan fingerprint density at radius 2 is 1.89 bits per heavy atom. The SMILES string of the molecule is CC1CC(C)CN(C2CCC(C#N)(NC(C)C)C2)C1. The summed E-state index contributed by atoms with van der Waals surface area (Å²) in [4.78, 5) is 2.65. The monoisotopic (exact) mass is 263 g/mol. The number of nitriles is 1. The molecule has 1 saturated carbocycles. The van der Waals surface area contributed by atoms with Crippen LogP contribution in [-0.2, 0) is 0 Å². The number of hydrogen-bond acceptors (Lipinski definition) is 3. The van der Waals surface area contributed by atoms with Gasteiger partial charge in [-0.15, -0.1) is 0 Å². The van der Waals surface area contributed by atoms with E-state index in [0.29, 0.717) is 12.1 Å². The van der Waals surface area contributed by atoms with E-state index >= 15 is 0 Å². The summed E-state index contributed by atoms with van der Waals surface area (Å²) in [5.41, 5.74) is -0.275. The van der Waals surface area contributed by atoms with Crippen molar-refractivity contribution in [3.8, 4) is 6.07 Å². The first-order valence-electron chi connectivity index (χ1n) is 7.87. The maximum Gasteiger partial charge on any atom is 0.108 e. The smallest absolute Gasteiger partial charge is 0.108 e. The van der Waals surface area contributed by atoms with E-state index in [2.05, 4.69) is 44.0 Å². The Kier molecular flexibility index (Phi) is 4.53. The molecule has 0 radical (unpaired) electrons. The van der Waals surface area contributed by atoms with Gasteiger partial charge in [-0.1, -0.05) is 13.8 Å². The van der Waals surface area contributed by atoms with Crippen molar-refractivity contribution in [2.24, 2.45) is 11.8 Å². The highest BCUT2D eigenvalue weighted by molar-refractivity contribution is 5.14. The molecule has 2 fully saturated rings. The Morgan fingerprint density at radius 1 is 1.26 bits per heavy atom. The van der Waals surface area contributed by atoms with Crippen LogP contribution in [0.5, 0.6) is 0 Å². The van der Waals surface area contributed by atoms with E-state index in [1.165, 1.54) is 25.9 Å². The Bertz CT molecular complexity index is 336. The Morgan fingerprint density at radius 3 is 2.42 bits per heavy atom. The molecule has 0 aromatic rings. The fourth-order valence-electron chi connectivity index (χ4n) is 4.16. The van der Waals surface area contributed by atoms with Crippen LogP contribution in [0.15, 0.2) is 0 Å². The second-order valence-electron chi connectivity index (χ2n) is 7.29. The van der Waals surface area contributed by atoms with Crippen LogP contribution in [0.4, 0.5) is 0 Å². The normalized spacial score (nSPS) is 40.5. The van der Waals surface area contributed by atoms with Crippen molar-refractivity contribution in [2.75, 3.05) is 13.1 Å². The van der Waals surface area contributed by atoms with Crippen LogP contribution in [0.1, 0.15) is 53.4 Å². The third kappa shape index (κ3) is 3.49. The molecule has 1 aliphatic heterocycles. The van der Waals surface area contributed by atoms with Gasteiger partial charge >= 0.3 is 0 Å². The van der Waals surface area contributed by atoms with Gasteiger partial charge < -0.3 is 0 Å². The molecule has 3 nitrogen and oxygen atoms in total. The molecule has 2 rings (SSSR count). The highest BCUT2D eigenvalue weighted by Gasteiger charge is 2.42. The summed E-state index contributed by atoms with van der Waals surface area (Å²) < 4.78 is 0. The Labute approximate surface area is 118 Å². The van der Waals surface area contributed by atoms with Gasteiger partial charge in [0.15, 0.2) is 0 Å². The average molecular weight is 263 g/mol. The number of likely N-dealkylation sites (tertiary alicyclic amines) is 1. The minimum absolute atomic E-state index is 0.275. The number of nitrogens with zero attached hydrogens (tertiary/aromatic N) is 2. The van der Waals surface area contributed by atoms with Crippen LogP contribution in [0, 0.1) is 23.2 Å². The van der Waals surface area contributed by atoms with Crippen LogP contribution in [0.2, 0.25) is 0 Å². The minimum atomic E-state index is -0.275. The van der Waals surface area contributed by atoms with Crippen molar-refractivity contribution in [3.05, 3.63) is 0 Å². The fourth-order valence-corrected chi connectivity index (χ4v) is 4.16. The molecule has 2 aliphatic rings. The molecule has 1 saturated heterocycles. The van der Waals surface area contributed by atoms with Gasteiger partial charge in [0.1, 0.15) is 5.54 Å². The second-order valence-corrected chi connectivity index (χ2v) is 7.29. The molecule has 0 aromatic heterocycles. The molecule has 4 unspecified atom stereocenters. The molecule has 1 N–H and O–H groups in total. The highest BCUT2D eigenvalue weighted by Crippen LogP contribution is 2.35. The lowest BCUT2D eigenvalue weighted by atomic mass is 9.90. The van der Waals surface area contributed by atoms with Crippen LogP contribution in [-0.4, -0.2) is 35.6 Å². The van der Waals surface area contributed by atoms with Crippen molar-refractivity contribution >= 4 is 0 Å². The predicted molar refractivity (Wildman–Crippen MR) is 78.8 cm³/mol. The Balaban J connectivity index is 1.99. The zero-order valence-corrected chi connectivity index (χ0v) is 12.9. The first-order valence-corrected chi connectivity index (χ1v) is 7.87. The molecule has 0 bridgehead atoms. The topological polar surface area (TPSA) is 39.1 Å². The van der Waals surface area contributed by atoms with E-state index in [1.807, 2.05) is 0 Å². The van der Waals surface area contributed by atoms with Gasteiger partial charge in [0.05, 0.1) is 6.07 Å². The number of hydrogen-bond donors (Lipinski definition) is 1. The van der Waals surface area contributed by atoms with Crippen LogP contribution in [0.25, 0.3) is 0 Å². The van der Waals surface area contributed by atoms with E-state index < -0.39 is 0 Å². The standard InChI is InChI=1S/C16H29N3/c1-12(2)18-16(11-17)6-5-15(8-16)19-9-13(3)7-14(4)10-19/h12-15,18H,5-10H2,1-4H3. The van der Waals surface area contributed by atoms with Crippen LogP contribution in [0.3, 0.4) is 0 Å². The molecule has 1 aliphatic carbocycles. The van der Waals surface area contributed by atoms with Crippen molar-refractivity contribution in [3.63, 3.8) is 0 Å². The fraction of sp³-hybridized carbons (Fsp3) is 0.938. The molecule has 1 heterocycles. The Hall–Kier alpha value is -0.590. The lowest BCUT2D eigenvalue weighted by Crippen LogP contribution is -2.49. The quantitative estimate of drug-likeness (QED) is 0.851. The number of nitrogens with one attached hydrogen (secondary N) is 1. The van der Waals surface area contributed by atoms with Crippen LogP contribution < -0.4 is 5.32 Å². The van der Waals surface area contributed by atoms with Gasteiger partial charge in [-0.3, -0.25) is 10.2 Å². The van der Waals surface area contributed by atoms with Gasteiger partial charge in [0.2, 0.25) is 0 Å². The van der Waals surface area contributed by atoms with Crippen molar-refractivity contribution in [1.29, 1.82) is 5.26 Å². The molecule has 0 aromatic carbocycles. The molecule has 0 spiro atoms. The van der Waals surface area contributed by atoms with Gasteiger partial charge in [0, 0.05) is 25.2 Å². The summed E-state index contributed by atoms with van der Waals surface area (Å²) in [6, 6.07) is 3.56. The summed E-state index contributed by atoms with van der Waals surface area (Å²) in [6.45, 7) is 11.4. The zero-order chi connectivity index (χ0) is 14.0. The third-order valence-corrected chi connectivity index (χ3v) is 4.68. The lowest BCUT2D eigenvalue weighted by Gasteiger charge is -2.39. The molecule has 4 atom stereocenters. The average Bonchev–Trinajstić information content (AvgIpc) is 2.72. The maximum absolute atomic E-state index is 9.55. The zero-order valence-electron chi connectivity index (χ0n) is 12.9. The molecule has 0 amide bonds. The van der Waals surface area contributed by atoms with E-state index in [4.69, 9.17) is 0 Å². The van der Waals surface area contributed by atoms with Gasteiger partial charge in [-0.25, -0.2) is 0 Å². The molecule has 108 valence electrons. The summed E-state index contributed by atoms with van der Waals surface area (Å²) in [5, 5.41) is 13.1. The summed E-state index contributed by atoms with van der Waals surface area (Å²) >= 11 is 0. The van der Waals surface area contributed by atoms with Gasteiger partial charge in [-0.2, -0.15) is 5.26 Å². The first kappa shape index (κ1) is 14.8. The minimum Gasteiger partial charge on any atom is -0.300 e. The van der Waals surface area contributed by atoms with Gasteiger partial charge in [-0.05, 0) is 51.4 Å². The van der Waals surface area contributed by atoms with E-state index in [0.717, 1.165) is 24.7 Å². The second kappa shape index (κ2) is 5.81. The van der Waals surface area contributed by atoms with Crippen molar-refractivity contribution in [1.82, 2.24) is 10.2 Å². The maximum atomic E-state index is 9.55. The summed E-state index contributed by atoms with van der Waals surface area (Å²) in [6.07, 6.45) is 4.54. The van der Waals surface area contributed by atoms with Crippen molar-refractivity contribution < 1.29 is 0 Å². The number of rotatable bonds is 3. The largest absolute Gasteiger partial charge is 0.300 e. The van der Waals surface area contributed by atoms with Crippen LogP contribution >= 0.6 is 0 Å². The first-order chi connectivity index (χ1) is 8.94. The third-order valence-electron chi connectivity index (χ3n) is 4.68. The molecular formula is C16H29N3. The number of piperidine rings is 1. The van der Waals surface area contributed by atoms with E-state index in [9.17, 15) is 5.26 Å². The van der Waals surface area contributed by atoms with E-state index in [-0.39, 0.29) is 5.54 Å².